The molecule has 0 aliphatic rings. The van der Waals surface area contributed by atoms with Crippen LogP contribution in [0.5, 0.6) is 5.75 Å². The van der Waals surface area contributed by atoms with Gasteiger partial charge in [-0.05, 0) is 41.5 Å². The maximum atomic E-state index is 6.02. The molecule has 0 unspecified atom stereocenters. The first-order chi connectivity index (χ1) is 12.3. The van der Waals surface area contributed by atoms with Gasteiger partial charge in [-0.2, -0.15) is 0 Å². The predicted molar refractivity (Wildman–Crippen MR) is 103 cm³/mol. The van der Waals surface area contributed by atoms with E-state index in [9.17, 15) is 0 Å². The fourth-order valence-corrected chi connectivity index (χ4v) is 3.30. The van der Waals surface area contributed by atoms with Crippen molar-refractivity contribution in [2.24, 2.45) is 0 Å². The summed E-state index contributed by atoms with van der Waals surface area (Å²) in [6.07, 6.45) is 2.08. The van der Waals surface area contributed by atoms with Gasteiger partial charge in [0.25, 0.3) is 0 Å². The molecular weight excluding hydrogens is 308 g/mol. The van der Waals surface area contributed by atoms with E-state index in [0.717, 1.165) is 36.5 Å². The van der Waals surface area contributed by atoms with E-state index in [1.54, 1.807) is 0 Å². The zero-order valence-corrected chi connectivity index (χ0v) is 14.5. The smallest absolute Gasteiger partial charge is 0.120 e. The van der Waals surface area contributed by atoms with Crippen LogP contribution in [-0.4, -0.2) is 16.2 Å². The average Bonchev–Trinajstić information content (AvgIpc) is 2.99. The Morgan fingerprint density at radius 3 is 2.60 bits per heavy atom. The highest BCUT2D eigenvalue weighted by molar-refractivity contribution is 5.83. The third-order valence-corrected chi connectivity index (χ3v) is 4.51. The normalized spacial score (nSPS) is 11.2. The summed E-state index contributed by atoms with van der Waals surface area (Å²) in [5.41, 5.74) is 2.25. The fourth-order valence-electron chi connectivity index (χ4n) is 3.30. The zero-order chi connectivity index (χ0) is 17.1. The van der Waals surface area contributed by atoms with Gasteiger partial charge in [-0.1, -0.05) is 49.4 Å². The van der Waals surface area contributed by atoms with E-state index in [2.05, 4.69) is 66.1 Å². The standard InChI is InChI=1S/C22H22N2O/c1-2-7-22-23-20-10-5-6-11-21(20)24(22)14-15-25-19-13-12-17-8-3-4-9-18(17)16-19/h3-6,8-13,16H,2,7,14-15H2,1H3. The van der Waals surface area contributed by atoms with E-state index in [0.29, 0.717) is 6.61 Å². The number of ether oxygens (including phenoxy) is 1. The van der Waals surface area contributed by atoms with Crippen LogP contribution in [0.1, 0.15) is 19.2 Å². The van der Waals surface area contributed by atoms with Crippen molar-refractivity contribution in [1.29, 1.82) is 0 Å². The molecule has 25 heavy (non-hydrogen) atoms. The summed E-state index contributed by atoms with van der Waals surface area (Å²) >= 11 is 0. The minimum Gasteiger partial charge on any atom is -0.492 e. The van der Waals surface area contributed by atoms with E-state index < -0.39 is 0 Å². The van der Waals surface area contributed by atoms with Crippen LogP contribution in [0.4, 0.5) is 0 Å². The van der Waals surface area contributed by atoms with Crippen molar-refractivity contribution in [3.8, 4) is 5.75 Å². The van der Waals surface area contributed by atoms with Crippen LogP contribution < -0.4 is 4.74 Å². The third kappa shape index (κ3) is 3.22. The van der Waals surface area contributed by atoms with Gasteiger partial charge in [-0.25, -0.2) is 4.98 Å². The first-order valence-corrected chi connectivity index (χ1v) is 8.91. The van der Waals surface area contributed by atoms with Gasteiger partial charge in [0.15, 0.2) is 0 Å². The number of hydrogen-bond donors (Lipinski definition) is 0. The molecule has 0 saturated carbocycles. The summed E-state index contributed by atoms with van der Waals surface area (Å²) < 4.78 is 8.31. The minimum atomic E-state index is 0.634. The van der Waals surface area contributed by atoms with Crippen molar-refractivity contribution in [2.75, 3.05) is 6.61 Å². The van der Waals surface area contributed by atoms with Gasteiger partial charge in [0.2, 0.25) is 0 Å². The number of nitrogens with zero attached hydrogens (tertiary/aromatic N) is 2. The molecule has 0 aliphatic carbocycles. The van der Waals surface area contributed by atoms with Gasteiger partial charge in [0.05, 0.1) is 17.6 Å². The van der Waals surface area contributed by atoms with Crippen LogP contribution in [0.25, 0.3) is 21.8 Å². The van der Waals surface area contributed by atoms with Gasteiger partial charge in [-0.3, -0.25) is 0 Å². The molecule has 126 valence electrons. The molecule has 0 N–H and O–H groups in total. The Balaban J connectivity index is 1.52. The second-order valence-electron chi connectivity index (χ2n) is 6.28. The first kappa shape index (κ1) is 15.7. The number of aromatic nitrogens is 2. The first-order valence-electron chi connectivity index (χ1n) is 8.91. The SMILES string of the molecule is CCCc1nc2ccccc2n1CCOc1ccc2ccccc2c1. The zero-order valence-electron chi connectivity index (χ0n) is 14.5. The lowest BCUT2D eigenvalue weighted by atomic mass is 10.1. The number of rotatable bonds is 6. The molecule has 1 heterocycles. The van der Waals surface area contributed by atoms with Crippen LogP contribution in [0.15, 0.2) is 66.7 Å². The van der Waals surface area contributed by atoms with Gasteiger partial charge < -0.3 is 9.30 Å². The Bertz CT molecular complexity index is 1000. The van der Waals surface area contributed by atoms with E-state index in [1.807, 2.05) is 12.1 Å². The molecule has 3 heteroatoms. The molecule has 0 saturated heterocycles. The third-order valence-electron chi connectivity index (χ3n) is 4.51. The maximum Gasteiger partial charge on any atom is 0.120 e. The molecule has 4 aromatic rings. The summed E-state index contributed by atoms with van der Waals surface area (Å²) in [5, 5.41) is 2.44. The minimum absolute atomic E-state index is 0.634. The molecule has 3 nitrogen and oxygen atoms in total. The Hall–Kier alpha value is -2.81. The Labute approximate surface area is 147 Å². The molecule has 0 spiro atoms. The fraction of sp³-hybridized carbons (Fsp3) is 0.227. The highest BCUT2D eigenvalue weighted by Gasteiger charge is 2.09. The second kappa shape index (κ2) is 6.98. The van der Waals surface area contributed by atoms with Gasteiger partial charge in [-0.15, -0.1) is 0 Å². The highest BCUT2D eigenvalue weighted by atomic mass is 16.5. The Morgan fingerprint density at radius 1 is 0.920 bits per heavy atom. The highest BCUT2D eigenvalue weighted by Crippen LogP contribution is 2.21. The summed E-state index contributed by atoms with van der Waals surface area (Å²) in [6, 6.07) is 22.9. The topological polar surface area (TPSA) is 27.1 Å². The van der Waals surface area contributed by atoms with Gasteiger partial charge >= 0.3 is 0 Å². The summed E-state index contributed by atoms with van der Waals surface area (Å²) in [5.74, 6) is 2.06. The van der Waals surface area contributed by atoms with Crippen molar-refractivity contribution < 1.29 is 4.74 Å². The van der Waals surface area contributed by atoms with Crippen molar-refractivity contribution in [2.45, 2.75) is 26.3 Å². The molecule has 0 fully saturated rings. The molecular formula is C22H22N2O. The number of hydrogen-bond acceptors (Lipinski definition) is 2. The predicted octanol–water partition coefficient (Wildman–Crippen LogP) is 5.22. The monoisotopic (exact) mass is 330 g/mol. The lowest BCUT2D eigenvalue weighted by Gasteiger charge is -2.11. The average molecular weight is 330 g/mol. The Morgan fingerprint density at radius 2 is 1.72 bits per heavy atom. The van der Waals surface area contributed by atoms with Crippen LogP contribution >= 0.6 is 0 Å². The maximum absolute atomic E-state index is 6.02. The van der Waals surface area contributed by atoms with E-state index in [4.69, 9.17) is 9.72 Å². The molecule has 0 atom stereocenters. The Kier molecular flexibility index (Phi) is 4.38. The molecule has 4 rings (SSSR count). The molecule has 0 bridgehead atoms. The van der Waals surface area contributed by atoms with Crippen LogP contribution in [0.3, 0.4) is 0 Å². The molecule has 1 aromatic heterocycles. The van der Waals surface area contributed by atoms with E-state index in [-0.39, 0.29) is 0 Å². The number of fused-ring (bicyclic) bond motifs is 2. The van der Waals surface area contributed by atoms with Crippen molar-refractivity contribution in [3.05, 3.63) is 72.6 Å². The van der Waals surface area contributed by atoms with Crippen LogP contribution in [-0.2, 0) is 13.0 Å². The number of imidazole rings is 1. The number of aryl methyl sites for hydroxylation is 1. The summed E-state index contributed by atoms with van der Waals surface area (Å²) in [4.78, 5) is 4.78. The van der Waals surface area contributed by atoms with Crippen LogP contribution in [0.2, 0.25) is 0 Å². The van der Waals surface area contributed by atoms with Gasteiger partial charge in [0.1, 0.15) is 18.2 Å². The van der Waals surface area contributed by atoms with Crippen molar-refractivity contribution >= 4 is 21.8 Å². The molecule has 0 aliphatic heterocycles. The second-order valence-corrected chi connectivity index (χ2v) is 6.28. The summed E-state index contributed by atoms with van der Waals surface area (Å²) in [7, 11) is 0. The number of para-hydroxylation sites is 2. The quantitative estimate of drug-likeness (QED) is 0.484. The van der Waals surface area contributed by atoms with Crippen molar-refractivity contribution in [3.63, 3.8) is 0 Å². The largest absolute Gasteiger partial charge is 0.492 e. The van der Waals surface area contributed by atoms with Gasteiger partial charge in [0, 0.05) is 6.42 Å². The van der Waals surface area contributed by atoms with Crippen molar-refractivity contribution in [1.82, 2.24) is 9.55 Å². The van der Waals surface area contributed by atoms with Crippen LogP contribution in [0, 0.1) is 0 Å². The number of benzene rings is 3. The summed E-state index contributed by atoms with van der Waals surface area (Å²) in [6.45, 7) is 3.63. The lowest BCUT2D eigenvalue weighted by molar-refractivity contribution is 0.298. The van der Waals surface area contributed by atoms with E-state index in [1.165, 1.54) is 16.3 Å². The molecule has 3 aromatic carbocycles. The lowest BCUT2D eigenvalue weighted by Crippen LogP contribution is -2.11. The molecule has 0 amide bonds. The van der Waals surface area contributed by atoms with E-state index >= 15 is 0 Å². The molecule has 0 radical (unpaired) electrons.